The lowest BCUT2D eigenvalue weighted by Crippen LogP contribution is -2.53. The van der Waals surface area contributed by atoms with Crippen LogP contribution in [0.25, 0.3) is 11.0 Å². The first-order chi connectivity index (χ1) is 19.4. The summed E-state index contributed by atoms with van der Waals surface area (Å²) in [4.78, 5) is 45.7. The highest BCUT2D eigenvalue weighted by Gasteiger charge is 2.73. The van der Waals surface area contributed by atoms with E-state index in [0.717, 1.165) is 30.3 Å². The summed E-state index contributed by atoms with van der Waals surface area (Å²) in [5.41, 5.74) is 1.56. The van der Waals surface area contributed by atoms with E-state index in [0.29, 0.717) is 32.5 Å². The van der Waals surface area contributed by atoms with Crippen LogP contribution in [0.5, 0.6) is 0 Å². The molecule has 4 aliphatic rings. The molecule has 4 aliphatic heterocycles. The van der Waals surface area contributed by atoms with Gasteiger partial charge in [-0.2, -0.15) is 0 Å². The van der Waals surface area contributed by atoms with Crippen molar-refractivity contribution in [1.29, 1.82) is 0 Å². The van der Waals surface area contributed by atoms with Gasteiger partial charge in [0.1, 0.15) is 18.2 Å². The van der Waals surface area contributed by atoms with E-state index >= 15 is 0 Å². The molecule has 1 unspecified atom stereocenters. The number of para-hydroxylation sites is 1. The molecule has 5 heterocycles. The van der Waals surface area contributed by atoms with Gasteiger partial charge in [-0.25, -0.2) is 4.68 Å². The number of carbonyl (C=O) groups is 3. The van der Waals surface area contributed by atoms with Gasteiger partial charge in [-0.05, 0) is 51.2 Å². The minimum atomic E-state index is -0.927. The molecule has 1 aromatic heterocycles. The van der Waals surface area contributed by atoms with Crippen molar-refractivity contribution in [3.8, 4) is 0 Å². The van der Waals surface area contributed by atoms with E-state index < -0.39 is 27.4 Å². The van der Waals surface area contributed by atoms with Gasteiger partial charge in [0.15, 0.2) is 0 Å². The molecule has 1 spiro atoms. The van der Waals surface area contributed by atoms with E-state index in [1.807, 2.05) is 43.3 Å². The van der Waals surface area contributed by atoms with Crippen molar-refractivity contribution in [3.63, 3.8) is 0 Å². The summed E-state index contributed by atoms with van der Waals surface area (Å²) in [6.07, 6.45) is 11.8. The highest BCUT2D eigenvalue weighted by Crippen LogP contribution is 2.65. The average Bonchev–Trinajstić information content (AvgIpc) is 3.50. The summed E-state index contributed by atoms with van der Waals surface area (Å²) in [6, 6.07) is 6.80. The van der Waals surface area contributed by atoms with Crippen LogP contribution in [-0.2, 0) is 25.8 Å². The molecular weight excluding hydrogens is 530 g/mol. The number of unbranched alkanes of at least 4 members (excludes halogenated alkanes) is 1. The highest BCUT2D eigenvalue weighted by molar-refractivity contribution is 8.02. The number of esters is 1. The molecule has 6 rings (SSSR count). The minimum absolute atomic E-state index is 0.00713. The van der Waals surface area contributed by atoms with Crippen LogP contribution < -0.4 is 0 Å². The number of aromatic nitrogens is 3. The second-order valence-corrected chi connectivity index (χ2v) is 13.0. The van der Waals surface area contributed by atoms with Gasteiger partial charge in [0, 0.05) is 24.4 Å². The number of carbonyl (C=O) groups excluding carboxylic acids is 3. The minimum Gasteiger partial charge on any atom is -0.465 e. The van der Waals surface area contributed by atoms with E-state index in [1.54, 1.807) is 26.2 Å². The number of cyclic esters (lactones) is 1. The number of nitrogens with zero attached hydrogens (tertiary/aromatic N) is 5. The fourth-order valence-corrected chi connectivity index (χ4v) is 8.94. The van der Waals surface area contributed by atoms with Gasteiger partial charge < -0.3 is 19.6 Å². The number of aliphatic hydroxyl groups excluding tert-OH is 1. The lowest BCUT2D eigenvalue weighted by molar-refractivity contribution is -0.154. The van der Waals surface area contributed by atoms with Gasteiger partial charge in [-0.3, -0.25) is 14.4 Å². The van der Waals surface area contributed by atoms with Gasteiger partial charge in [0.25, 0.3) is 0 Å². The Balaban J connectivity index is 1.41. The van der Waals surface area contributed by atoms with Crippen molar-refractivity contribution in [2.75, 3.05) is 26.3 Å². The number of thioether (sulfide) groups is 1. The SMILES string of the molecule is C[C@@]12/C=C\CCCCOC(=O)[C@@H]1[C@H]1C(=O)N(CCCCO)C3C(=O)N(Cn4nnc5ccccc54)CC=C[C@@]31S2. The Morgan fingerprint density at radius 1 is 1.07 bits per heavy atom. The third kappa shape index (κ3) is 4.34. The maximum Gasteiger partial charge on any atom is 0.311 e. The van der Waals surface area contributed by atoms with Crippen molar-refractivity contribution >= 4 is 40.6 Å². The fraction of sp³-hybridized carbons (Fsp3) is 0.552. The summed E-state index contributed by atoms with van der Waals surface area (Å²) >= 11 is 1.55. The zero-order valence-corrected chi connectivity index (χ0v) is 23.5. The second-order valence-electron chi connectivity index (χ2n) is 11.2. The molecule has 0 saturated carbocycles. The van der Waals surface area contributed by atoms with Gasteiger partial charge in [0.2, 0.25) is 11.8 Å². The first-order valence-electron chi connectivity index (χ1n) is 14.1. The van der Waals surface area contributed by atoms with Crippen molar-refractivity contribution < 1.29 is 24.2 Å². The number of aliphatic hydroxyl groups is 1. The summed E-state index contributed by atoms with van der Waals surface area (Å²) in [7, 11) is 0. The van der Waals surface area contributed by atoms with Crippen LogP contribution in [-0.4, -0.2) is 89.5 Å². The molecule has 0 aliphatic carbocycles. The summed E-state index contributed by atoms with van der Waals surface area (Å²) < 4.78 is 5.80. The smallest absolute Gasteiger partial charge is 0.311 e. The molecule has 2 aromatic rings. The summed E-state index contributed by atoms with van der Waals surface area (Å²) in [5.74, 6) is -2.19. The molecule has 1 N–H and O–H groups in total. The van der Waals surface area contributed by atoms with E-state index in [4.69, 9.17) is 4.74 Å². The Kier molecular flexibility index (Phi) is 7.20. The second kappa shape index (κ2) is 10.7. The van der Waals surface area contributed by atoms with Crippen molar-refractivity contribution in [2.45, 2.75) is 61.2 Å². The molecule has 0 bridgehead atoms. The van der Waals surface area contributed by atoms with Crippen molar-refractivity contribution in [1.82, 2.24) is 24.8 Å². The van der Waals surface area contributed by atoms with Crippen molar-refractivity contribution in [3.05, 3.63) is 48.6 Å². The molecule has 11 heteroatoms. The lowest BCUT2D eigenvalue weighted by Gasteiger charge is -2.37. The molecule has 0 radical (unpaired) electrons. The van der Waals surface area contributed by atoms with Crippen molar-refractivity contribution in [2.24, 2.45) is 11.8 Å². The first-order valence-corrected chi connectivity index (χ1v) is 14.9. The fourth-order valence-electron chi connectivity index (χ4n) is 6.79. The number of allylic oxidation sites excluding steroid dienone is 1. The number of hydrogen-bond donors (Lipinski definition) is 1. The molecule has 1 aromatic carbocycles. The normalized spacial score (nSPS) is 33.0. The number of amides is 2. The topological polar surface area (TPSA) is 118 Å². The Morgan fingerprint density at radius 2 is 1.93 bits per heavy atom. The average molecular weight is 566 g/mol. The van der Waals surface area contributed by atoms with Gasteiger partial charge in [-0.15, -0.1) is 16.9 Å². The molecule has 212 valence electrons. The van der Waals surface area contributed by atoms with E-state index in [-0.39, 0.29) is 31.1 Å². The third-order valence-corrected chi connectivity index (χ3v) is 10.4. The van der Waals surface area contributed by atoms with Crippen LogP contribution in [0.1, 0.15) is 39.0 Å². The zero-order chi connectivity index (χ0) is 27.9. The zero-order valence-electron chi connectivity index (χ0n) is 22.6. The van der Waals surface area contributed by atoms with Crippen LogP contribution in [0.3, 0.4) is 0 Å². The molecule has 10 nitrogen and oxygen atoms in total. The number of hydrogen-bond acceptors (Lipinski definition) is 8. The van der Waals surface area contributed by atoms with Crippen LogP contribution >= 0.6 is 11.8 Å². The molecular formula is C29H35N5O5S. The predicted molar refractivity (Wildman–Crippen MR) is 150 cm³/mol. The Bertz CT molecular complexity index is 1380. The molecule has 40 heavy (non-hydrogen) atoms. The van der Waals surface area contributed by atoms with E-state index in [9.17, 15) is 19.5 Å². The van der Waals surface area contributed by atoms with Crippen LogP contribution in [0.2, 0.25) is 0 Å². The lowest BCUT2D eigenvalue weighted by atomic mass is 9.74. The third-order valence-electron chi connectivity index (χ3n) is 8.62. The highest BCUT2D eigenvalue weighted by atomic mass is 32.2. The molecule has 2 fully saturated rings. The van der Waals surface area contributed by atoms with E-state index in [1.165, 1.54) is 0 Å². The number of ether oxygens (including phenoxy) is 1. The summed E-state index contributed by atoms with van der Waals surface area (Å²) in [5, 5.41) is 17.9. The largest absolute Gasteiger partial charge is 0.465 e. The Morgan fingerprint density at radius 3 is 2.77 bits per heavy atom. The van der Waals surface area contributed by atoms with Crippen LogP contribution in [0.15, 0.2) is 48.6 Å². The van der Waals surface area contributed by atoms with Gasteiger partial charge in [-0.1, -0.05) is 41.7 Å². The van der Waals surface area contributed by atoms with Gasteiger partial charge >= 0.3 is 5.97 Å². The molecule has 2 saturated heterocycles. The van der Waals surface area contributed by atoms with E-state index in [2.05, 4.69) is 22.5 Å². The predicted octanol–water partition coefficient (Wildman–Crippen LogP) is 2.53. The summed E-state index contributed by atoms with van der Waals surface area (Å²) in [6.45, 7) is 3.20. The van der Waals surface area contributed by atoms with Gasteiger partial charge in [0.05, 0.1) is 28.7 Å². The Labute approximate surface area is 237 Å². The maximum absolute atomic E-state index is 14.5. The number of rotatable bonds is 6. The standard InChI is InChI=1S/C29H35N5O5S/c1-28-13-6-2-3-9-18-39-27(38)23(28)22-25(36)33(16-7-8-17-35)24-26(37)32(15-10-14-29(22,24)40-28)19-34-21-12-5-4-11-20(21)30-31-34/h4-6,10-14,22-24,35H,2-3,7-9,15-19H2,1H3/b13-6-/t22-,23-,24?,28+,29-/m0/s1. The maximum atomic E-state index is 14.5. The van der Waals surface area contributed by atoms with Crippen LogP contribution in [0.4, 0.5) is 0 Å². The molecule has 5 atom stereocenters. The molecule has 2 amide bonds. The number of benzene rings is 1. The number of likely N-dealkylation sites (tertiary alicyclic amines) is 1. The quantitative estimate of drug-likeness (QED) is 0.323. The van der Waals surface area contributed by atoms with Crippen LogP contribution in [0, 0.1) is 11.8 Å². The number of fused-ring (bicyclic) bond motifs is 3. The Hall–Kier alpha value is -3.18. The first kappa shape index (κ1) is 27.0. The monoisotopic (exact) mass is 565 g/mol.